The van der Waals surface area contributed by atoms with E-state index in [0.717, 1.165) is 12.3 Å². The van der Waals surface area contributed by atoms with Crippen molar-refractivity contribution in [2.75, 3.05) is 13.2 Å². The maximum absolute atomic E-state index is 10.3. The molecule has 1 rings (SSSR count). The van der Waals surface area contributed by atoms with Crippen molar-refractivity contribution in [1.82, 2.24) is 0 Å². The van der Waals surface area contributed by atoms with Gasteiger partial charge in [0, 0.05) is 13.2 Å². The zero-order chi connectivity index (χ0) is 12.6. The second-order valence-electron chi connectivity index (χ2n) is 2.57. The molecule has 1 heterocycles. The van der Waals surface area contributed by atoms with Gasteiger partial charge in [0.05, 0.1) is 6.26 Å². The van der Waals surface area contributed by atoms with Crippen LogP contribution in [0.2, 0.25) is 0 Å². The molecule has 0 saturated heterocycles. The molecule has 7 heteroatoms. The first kappa shape index (κ1) is 14.1. The van der Waals surface area contributed by atoms with Crippen LogP contribution in [0.3, 0.4) is 0 Å². The topological polar surface area (TPSA) is 128 Å². The van der Waals surface area contributed by atoms with Gasteiger partial charge in [-0.15, -0.1) is 0 Å². The van der Waals surface area contributed by atoms with Crippen LogP contribution in [-0.4, -0.2) is 45.6 Å². The fraction of sp³-hybridized carbons (Fsp3) is 0.333. The molecule has 0 aliphatic heterocycles. The monoisotopic (exact) mass is 232 g/mol. The van der Waals surface area contributed by atoms with Gasteiger partial charge in [0.2, 0.25) is 5.76 Å². The van der Waals surface area contributed by atoms with Crippen molar-refractivity contribution in [3.63, 3.8) is 0 Å². The molecule has 0 bridgehead atoms. The molecular formula is C9H12O7. The summed E-state index contributed by atoms with van der Waals surface area (Å²) in [5, 5.41) is 32.5. The molecule has 0 aliphatic carbocycles. The highest BCUT2D eigenvalue weighted by atomic mass is 16.4. The summed E-state index contributed by atoms with van der Waals surface area (Å²) >= 11 is 0. The van der Waals surface area contributed by atoms with Crippen LogP contribution in [0.25, 0.3) is 0 Å². The van der Waals surface area contributed by atoms with Crippen molar-refractivity contribution in [2.45, 2.75) is 6.42 Å². The van der Waals surface area contributed by atoms with Crippen LogP contribution in [-0.2, 0) is 0 Å². The van der Waals surface area contributed by atoms with Gasteiger partial charge in [0.15, 0.2) is 0 Å². The molecule has 1 aromatic heterocycles. The normalized spacial score (nSPS) is 9.12. The maximum Gasteiger partial charge on any atom is 0.372 e. The van der Waals surface area contributed by atoms with E-state index < -0.39 is 17.7 Å². The summed E-state index contributed by atoms with van der Waals surface area (Å²) in [5.41, 5.74) is -0.336. The van der Waals surface area contributed by atoms with Crippen LogP contribution >= 0.6 is 0 Å². The molecule has 16 heavy (non-hydrogen) atoms. The molecule has 4 N–H and O–H groups in total. The van der Waals surface area contributed by atoms with Gasteiger partial charge in [-0.1, -0.05) is 0 Å². The molecule has 1 aromatic rings. The molecule has 90 valence electrons. The van der Waals surface area contributed by atoms with Crippen molar-refractivity contribution in [1.29, 1.82) is 0 Å². The van der Waals surface area contributed by atoms with E-state index in [1.807, 2.05) is 0 Å². The first-order valence-corrected chi connectivity index (χ1v) is 4.30. The van der Waals surface area contributed by atoms with Crippen LogP contribution in [0.1, 0.15) is 27.3 Å². The summed E-state index contributed by atoms with van der Waals surface area (Å²) in [6.07, 6.45) is 1.52. The van der Waals surface area contributed by atoms with Crippen LogP contribution in [0.5, 0.6) is 0 Å². The van der Waals surface area contributed by atoms with Gasteiger partial charge in [-0.3, -0.25) is 0 Å². The lowest BCUT2D eigenvalue weighted by molar-refractivity contribution is 0.0626. The largest absolute Gasteiger partial charge is 0.478 e. The number of hydrogen-bond donors (Lipinski definition) is 4. The van der Waals surface area contributed by atoms with Crippen molar-refractivity contribution in [2.24, 2.45) is 0 Å². The fourth-order valence-electron chi connectivity index (χ4n) is 0.714. The third-order valence-electron chi connectivity index (χ3n) is 1.41. The SMILES string of the molecule is O=C(O)c1ccoc1C(=O)O.OCCCO. The second-order valence-corrected chi connectivity index (χ2v) is 2.57. The number of aliphatic hydroxyl groups is 2. The molecular weight excluding hydrogens is 220 g/mol. The molecule has 0 unspecified atom stereocenters. The lowest BCUT2D eigenvalue weighted by Crippen LogP contribution is -2.03. The zero-order valence-corrected chi connectivity index (χ0v) is 8.29. The number of carboxylic acid groups (broad SMARTS) is 2. The van der Waals surface area contributed by atoms with E-state index in [0.29, 0.717) is 6.42 Å². The predicted octanol–water partition coefficient (Wildman–Crippen LogP) is 0.0371. The maximum atomic E-state index is 10.3. The standard InChI is InChI=1S/C6H4O5.C3H8O2/c7-5(8)3-1-2-11-4(3)6(9)10;4-2-1-3-5/h1-2H,(H,7,8)(H,9,10);4-5H,1-3H2. The molecule has 0 fully saturated rings. The minimum absolute atomic E-state index is 0.0938. The predicted molar refractivity (Wildman–Crippen MR) is 51.4 cm³/mol. The Labute approximate surface area is 90.6 Å². The minimum Gasteiger partial charge on any atom is -0.478 e. The van der Waals surface area contributed by atoms with Crippen LogP contribution < -0.4 is 0 Å². The number of furan rings is 1. The number of rotatable bonds is 4. The first-order chi connectivity index (χ1) is 7.54. The Morgan fingerprint density at radius 2 is 1.69 bits per heavy atom. The molecule has 0 saturated carbocycles. The smallest absolute Gasteiger partial charge is 0.372 e. The van der Waals surface area contributed by atoms with Gasteiger partial charge in [0.25, 0.3) is 0 Å². The number of carboxylic acids is 2. The van der Waals surface area contributed by atoms with Gasteiger partial charge in [-0.2, -0.15) is 0 Å². The molecule has 0 spiro atoms. The van der Waals surface area contributed by atoms with Gasteiger partial charge in [0.1, 0.15) is 5.56 Å². The Balaban J connectivity index is 0.000000385. The third-order valence-corrected chi connectivity index (χ3v) is 1.41. The number of aromatic carboxylic acids is 2. The molecule has 0 atom stereocenters. The van der Waals surface area contributed by atoms with E-state index in [2.05, 4.69) is 4.42 Å². The minimum atomic E-state index is -1.38. The van der Waals surface area contributed by atoms with Crippen molar-refractivity contribution in [3.8, 4) is 0 Å². The van der Waals surface area contributed by atoms with Crippen LogP contribution in [0, 0.1) is 0 Å². The molecule has 0 amide bonds. The molecule has 0 aliphatic rings. The Bertz CT molecular complexity index is 311. The number of aliphatic hydroxyl groups excluding tert-OH is 2. The molecule has 0 aromatic carbocycles. The lowest BCUT2D eigenvalue weighted by atomic mass is 10.2. The summed E-state index contributed by atoms with van der Waals surface area (Å²) in [6, 6.07) is 1.09. The number of carbonyl (C=O) groups is 2. The second kappa shape index (κ2) is 7.43. The quantitative estimate of drug-likeness (QED) is 0.576. The number of hydrogen-bond acceptors (Lipinski definition) is 5. The van der Waals surface area contributed by atoms with E-state index in [-0.39, 0.29) is 18.8 Å². The summed E-state index contributed by atoms with van der Waals surface area (Å²) < 4.78 is 4.41. The van der Waals surface area contributed by atoms with E-state index in [4.69, 9.17) is 20.4 Å². The highest BCUT2D eigenvalue weighted by Crippen LogP contribution is 2.09. The van der Waals surface area contributed by atoms with Gasteiger partial charge in [-0.05, 0) is 12.5 Å². The summed E-state index contributed by atoms with van der Waals surface area (Å²) in [6.45, 7) is 0.188. The lowest BCUT2D eigenvalue weighted by Gasteiger charge is -1.88. The molecule has 0 radical (unpaired) electrons. The summed E-state index contributed by atoms with van der Waals surface area (Å²) in [4.78, 5) is 20.5. The average molecular weight is 232 g/mol. The highest BCUT2D eigenvalue weighted by molar-refractivity contribution is 5.99. The van der Waals surface area contributed by atoms with Crippen molar-refractivity contribution >= 4 is 11.9 Å². The van der Waals surface area contributed by atoms with Crippen LogP contribution in [0.4, 0.5) is 0 Å². The Morgan fingerprint density at radius 1 is 1.12 bits per heavy atom. The fourth-order valence-corrected chi connectivity index (χ4v) is 0.714. The van der Waals surface area contributed by atoms with E-state index >= 15 is 0 Å². The van der Waals surface area contributed by atoms with E-state index in [1.54, 1.807) is 0 Å². The van der Waals surface area contributed by atoms with Gasteiger partial charge >= 0.3 is 11.9 Å². The third kappa shape index (κ3) is 4.58. The summed E-state index contributed by atoms with van der Waals surface area (Å²) in [5.74, 6) is -3.24. The van der Waals surface area contributed by atoms with Gasteiger partial charge < -0.3 is 24.8 Å². The molecule has 7 nitrogen and oxygen atoms in total. The zero-order valence-electron chi connectivity index (χ0n) is 8.29. The first-order valence-electron chi connectivity index (χ1n) is 4.30. The average Bonchev–Trinajstić information content (AvgIpc) is 2.68. The van der Waals surface area contributed by atoms with Gasteiger partial charge in [-0.25, -0.2) is 9.59 Å². The Hall–Kier alpha value is -1.86. The Kier molecular flexibility index (Phi) is 6.57. The van der Waals surface area contributed by atoms with Crippen molar-refractivity contribution in [3.05, 3.63) is 23.7 Å². The summed E-state index contributed by atoms with van der Waals surface area (Å²) in [7, 11) is 0. The van der Waals surface area contributed by atoms with Crippen LogP contribution in [0.15, 0.2) is 16.7 Å². The van der Waals surface area contributed by atoms with E-state index in [1.165, 1.54) is 0 Å². The highest BCUT2D eigenvalue weighted by Gasteiger charge is 2.18. The van der Waals surface area contributed by atoms with E-state index in [9.17, 15) is 9.59 Å². The van der Waals surface area contributed by atoms with Crippen molar-refractivity contribution < 1.29 is 34.4 Å². The Morgan fingerprint density at radius 3 is 1.94 bits per heavy atom.